The molecule has 0 bridgehead atoms. The zero-order chi connectivity index (χ0) is 13.7. The highest BCUT2D eigenvalue weighted by atomic mass is 32.2. The number of rotatable bonds is 6. The zero-order valence-corrected chi connectivity index (χ0v) is 11.8. The van der Waals surface area contributed by atoms with Gasteiger partial charge in [0.05, 0.1) is 0 Å². The standard InChI is InChI=1S/C11H20N4O2S/c1-4-15-9(12)8(10(16)14-11(15)17)13-7(3)6-18-5-2/h7,13H,4-6,12H2,1-3H3,(H,14,16,17). The third kappa shape index (κ3) is 3.32. The molecule has 0 aromatic carbocycles. The number of hydrogen-bond donors (Lipinski definition) is 3. The van der Waals surface area contributed by atoms with Crippen LogP contribution in [0.5, 0.6) is 0 Å². The molecule has 0 fully saturated rings. The predicted molar refractivity (Wildman–Crippen MR) is 77.5 cm³/mol. The summed E-state index contributed by atoms with van der Waals surface area (Å²) in [4.78, 5) is 25.5. The molecule has 0 saturated heterocycles. The van der Waals surface area contributed by atoms with E-state index in [1.807, 2.05) is 6.92 Å². The Hall–Kier alpha value is -1.37. The maximum atomic E-state index is 11.7. The van der Waals surface area contributed by atoms with Crippen LogP contribution in [0.1, 0.15) is 20.8 Å². The summed E-state index contributed by atoms with van der Waals surface area (Å²) in [5, 5.41) is 3.07. The molecule has 1 unspecified atom stereocenters. The van der Waals surface area contributed by atoms with E-state index in [1.165, 1.54) is 4.57 Å². The zero-order valence-electron chi connectivity index (χ0n) is 10.9. The molecule has 6 nitrogen and oxygen atoms in total. The second-order valence-corrected chi connectivity index (χ2v) is 5.29. The van der Waals surface area contributed by atoms with Gasteiger partial charge in [0.15, 0.2) is 0 Å². The summed E-state index contributed by atoms with van der Waals surface area (Å²) in [5.41, 5.74) is 5.19. The molecule has 18 heavy (non-hydrogen) atoms. The maximum absolute atomic E-state index is 11.7. The molecule has 0 aliphatic carbocycles. The Morgan fingerprint density at radius 2 is 2.11 bits per heavy atom. The molecule has 1 heterocycles. The quantitative estimate of drug-likeness (QED) is 0.708. The molecular formula is C11H20N4O2S. The number of anilines is 2. The Morgan fingerprint density at radius 3 is 2.67 bits per heavy atom. The van der Waals surface area contributed by atoms with Crippen LogP contribution in [-0.4, -0.2) is 27.1 Å². The van der Waals surface area contributed by atoms with Crippen molar-refractivity contribution in [3.8, 4) is 0 Å². The van der Waals surface area contributed by atoms with Crippen LogP contribution in [0.4, 0.5) is 11.5 Å². The van der Waals surface area contributed by atoms with Crippen molar-refractivity contribution >= 4 is 23.3 Å². The Morgan fingerprint density at radius 1 is 1.44 bits per heavy atom. The molecule has 0 amide bonds. The first-order chi connectivity index (χ1) is 8.51. The summed E-state index contributed by atoms with van der Waals surface area (Å²) < 4.78 is 1.34. The van der Waals surface area contributed by atoms with Crippen LogP contribution in [0.15, 0.2) is 9.59 Å². The van der Waals surface area contributed by atoms with Crippen molar-refractivity contribution in [2.24, 2.45) is 0 Å². The number of aromatic amines is 1. The molecule has 0 aliphatic rings. The van der Waals surface area contributed by atoms with Gasteiger partial charge < -0.3 is 11.1 Å². The number of aromatic nitrogens is 2. The lowest BCUT2D eigenvalue weighted by atomic mass is 10.3. The molecule has 0 radical (unpaired) electrons. The molecule has 0 aliphatic heterocycles. The molecular weight excluding hydrogens is 252 g/mol. The summed E-state index contributed by atoms with van der Waals surface area (Å²) in [6.45, 7) is 6.28. The van der Waals surface area contributed by atoms with Crippen molar-refractivity contribution < 1.29 is 0 Å². The van der Waals surface area contributed by atoms with E-state index < -0.39 is 11.2 Å². The van der Waals surface area contributed by atoms with E-state index in [2.05, 4.69) is 17.2 Å². The Balaban J connectivity index is 3.02. The Labute approximate surface area is 110 Å². The second kappa shape index (κ2) is 6.53. The molecule has 1 aromatic rings. The minimum absolute atomic E-state index is 0.112. The van der Waals surface area contributed by atoms with Gasteiger partial charge in [-0.1, -0.05) is 6.92 Å². The van der Waals surface area contributed by atoms with Gasteiger partial charge in [-0.3, -0.25) is 14.3 Å². The lowest BCUT2D eigenvalue weighted by Gasteiger charge is -2.17. The number of hydrogen-bond acceptors (Lipinski definition) is 5. The largest absolute Gasteiger partial charge is 0.383 e. The molecule has 1 rings (SSSR count). The van der Waals surface area contributed by atoms with E-state index >= 15 is 0 Å². The van der Waals surface area contributed by atoms with E-state index in [9.17, 15) is 9.59 Å². The number of nitrogen functional groups attached to an aromatic ring is 1. The van der Waals surface area contributed by atoms with Gasteiger partial charge in [0.1, 0.15) is 11.5 Å². The van der Waals surface area contributed by atoms with Crippen molar-refractivity contribution in [3.63, 3.8) is 0 Å². The van der Waals surface area contributed by atoms with Crippen LogP contribution in [0, 0.1) is 0 Å². The highest BCUT2D eigenvalue weighted by Crippen LogP contribution is 2.13. The van der Waals surface area contributed by atoms with Gasteiger partial charge in [-0.05, 0) is 19.6 Å². The van der Waals surface area contributed by atoms with Crippen molar-refractivity contribution in [3.05, 3.63) is 20.8 Å². The fourth-order valence-corrected chi connectivity index (χ4v) is 2.30. The number of nitrogens with two attached hydrogens (primary N) is 1. The predicted octanol–water partition coefficient (Wildman–Crippen LogP) is 0.692. The number of thioether (sulfide) groups is 1. The van der Waals surface area contributed by atoms with Gasteiger partial charge in [-0.15, -0.1) is 0 Å². The van der Waals surface area contributed by atoms with E-state index in [4.69, 9.17) is 5.73 Å². The summed E-state index contributed by atoms with van der Waals surface area (Å²) in [6.07, 6.45) is 0. The SMILES string of the molecule is CCSCC(C)Nc1c(N)n(CC)c(=O)[nH]c1=O. The van der Waals surface area contributed by atoms with Gasteiger partial charge in [0, 0.05) is 18.3 Å². The molecule has 1 aromatic heterocycles. The lowest BCUT2D eigenvalue weighted by Crippen LogP contribution is -2.35. The fraction of sp³-hybridized carbons (Fsp3) is 0.636. The van der Waals surface area contributed by atoms with Crippen LogP contribution < -0.4 is 22.3 Å². The van der Waals surface area contributed by atoms with Gasteiger partial charge in [-0.25, -0.2) is 4.79 Å². The fourth-order valence-electron chi connectivity index (χ4n) is 1.62. The molecule has 102 valence electrons. The van der Waals surface area contributed by atoms with Crippen LogP contribution in [0.25, 0.3) is 0 Å². The van der Waals surface area contributed by atoms with Crippen LogP contribution in [-0.2, 0) is 6.54 Å². The van der Waals surface area contributed by atoms with Crippen molar-refractivity contribution in [2.75, 3.05) is 22.6 Å². The first kappa shape index (κ1) is 14.7. The Bertz CT molecular complexity index is 509. The minimum Gasteiger partial charge on any atom is -0.383 e. The van der Waals surface area contributed by atoms with Gasteiger partial charge in [0.25, 0.3) is 5.56 Å². The third-order valence-corrected chi connectivity index (χ3v) is 3.66. The summed E-state index contributed by atoms with van der Waals surface area (Å²) >= 11 is 1.78. The van der Waals surface area contributed by atoms with Crippen LogP contribution >= 0.6 is 11.8 Å². The van der Waals surface area contributed by atoms with Gasteiger partial charge in [-0.2, -0.15) is 11.8 Å². The van der Waals surface area contributed by atoms with Gasteiger partial charge >= 0.3 is 5.69 Å². The number of H-pyrrole nitrogens is 1. The van der Waals surface area contributed by atoms with E-state index in [0.29, 0.717) is 6.54 Å². The molecule has 4 N–H and O–H groups in total. The van der Waals surface area contributed by atoms with E-state index in [1.54, 1.807) is 18.7 Å². The van der Waals surface area contributed by atoms with E-state index in [0.717, 1.165) is 11.5 Å². The van der Waals surface area contributed by atoms with Crippen LogP contribution in [0.2, 0.25) is 0 Å². The minimum atomic E-state index is -0.471. The second-order valence-electron chi connectivity index (χ2n) is 3.97. The number of nitrogens with zero attached hydrogens (tertiary/aromatic N) is 1. The molecule has 1 atom stereocenters. The smallest absolute Gasteiger partial charge is 0.330 e. The van der Waals surface area contributed by atoms with Crippen LogP contribution in [0.3, 0.4) is 0 Å². The average molecular weight is 272 g/mol. The van der Waals surface area contributed by atoms with Crippen molar-refractivity contribution in [2.45, 2.75) is 33.4 Å². The first-order valence-electron chi connectivity index (χ1n) is 5.98. The highest BCUT2D eigenvalue weighted by Gasteiger charge is 2.13. The monoisotopic (exact) mass is 272 g/mol. The van der Waals surface area contributed by atoms with Crippen molar-refractivity contribution in [1.29, 1.82) is 0 Å². The van der Waals surface area contributed by atoms with E-state index in [-0.39, 0.29) is 17.5 Å². The number of nitrogens with one attached hydrogen (secondary N) is 2. The summed E-state index contributed by atoms with van der Waals surface area (Å²) in [6, 6.07) is 0.112. The first-order valence-corrected chi connectivity index (χ1v) is 7.13. The maximum Gasteiger partial charge on any atom is 0.330 e. The molecule has 7 heteroatoms. The summed E-state index contributed by atoms with van der Waals surface area (Å²) in [7, 11) is 0. The normalized spacial score (nSPS) is 12.4. The lowest BCUT2D eigenvalue weighted by molar-refractivity contribution is 0.704. The topological polar surface area (TPSA) is 92.9 Å². The summed E-state index contributed by atoms with van der Waals surface area (Å²) in [5.74, 6) is 2.09. The highest BCUT2D eigenvalue weighted by molar-refractivity contribution is 7.99. The molecule has 0 spiro atoms. The van der Waals surface area contributed by atoms with Crippen molar-refractivity contribution in [1.82, 2.24) is 9.55 Å². The Kier molecular flexibility index (Phi) is 5.33. The molecule has 0 saturated carbocycles. The average Bonchev–Trinajstić information content (AvgIpc) is 2.32. The van der Waals surface area contributed by atoms with Gasteiger partial charge in [0.2, 0.25) is 0 Å². The third-order valence-electron chi connectivity index (χ3n) is 2.52.